The summed E-state index contributed by atoms with van der Waals surface area (Å²) in [5.41, 5.74) is 1.95. The third-order valence-electron chi connectivity index (χ3n) is 5.90. The minimum Gasteiger partial charge on any atom is -0.457 e. The van der Waals surface area contributed by atoms with E-state index in [1.807, 2.05) is 42.5 Å². The Morgan fingerprint density at radius 1 is 1.03 bits per heavy atom. The highest BCUT2D eigenvalue weighted by molar-refractivity contribution is 7.22. The maximum Gasteiger partial charge on any atom is 0.184 e. The number of fused-ring (bicyclic) bond motifs is 2. The summed E-state index contributed by atoms with van der Waals surface area (Å²) in [5.74, 6) is 2.41. The van der Waals surface area contributed by atoms with E-state index in [1.165, 1.54) is 32.1 Å². The molecule has 0 unspecified atom stereocenters. The first-order chi connectivity index (χ1) is 14.3. The van der Waals surface area contributed by atoms with Gasteiger partial charge >= 0.3 is 0 Å². The van der Waals surface area contributed by atoms with Gasteiger partial charge in [0.2, 0.25) is 0 Å². The van der Waals surface area contributed by atoms with Crippen molar-refractivity contribution in [2.75, 3.05) is 5.32 Å². The van der Waals surface area contributed by atoms with Gasteiger partial charge < -0.3 is 10.1 Å². The molecule has 0 aliphatic heterocycles. The minimum atomic E-state index is 0.467. The number of ether oxygens (including phenoxy) is 1. The Bertz CT molecular complexity index is 1130. The first kappa shape index (κ1) is 18.4. The number of benzene rings is 2. The Balaban J connectivity index is 1.36. The van der Waals surface area contributed by atoms with Crippen LogP contribution in [0.15, 0.2) is 54.7 Å². The summed E-state index contributed by atoms with van der Waals surface area (Å²) < 4.78 is 7.34. The van der Waals surface area contributed by atoms with Gasteiger partial charge in [0.05, 0.1) is 15.7 Å². The first-order valence-corrected chi connectivity index (χ1v) is 11.3. The van der Waals surface area contributed by atoms with E-state index < -0.39 is 0 Å². The molecule has 2 heterocycles. The van der Waals surface area contributed by atoms with Crippen LogP contribution in [0.1, 0.15) is 39.0 Å². The zero-order chi connectivity index (χ0) is 19.6. The van der Waals surface area contributed by atoms with Gasteiger partial charge in [0, 0.05) is 23.7 Å². The van der Waals surface area contributed by atoms with E-state index in [1.54, 1.807) is 17.5 Å². The maximum absolute atomic E-state index is 6.20. The lowest BCUT2D eigenvalue weighted by Crippen LogP contribution is -2.27. The number of hydrogen-bond donors (Lipinski definition) is 1. The van der Waals surface area contributed by atoms with Crippen molar-refractivity contribution in [1.29, 1.82) is 0 Å². The van der Waals surface area contributed by atoms with Crippen LogP contribution in [0.2, 0.25) is 0 Å². The molecule has 1 saturated carbocycles. The first-order valence-electron chi connectivity index (χ1n) is 10.4. The second-order valence-electron chi connectivity index (χ2n) is 7.91. The largest absolute Gasteiger partial charge is 0.457 e. The van der Waals surface area contributed by atoms with E-state index in [9.17, 15) is 0 Å². The third-order valence-corrected chi connectivity index (χ3v) is 6.85. The van der Waals surface area contributed by atoms with E-state index >= 15 is 0 Å². The molecule has 0 radical (unpaired) electrons. The van der Waals surface area contributed by atoms with E-state index in [0.717, 1.165) is 43.7 Å². The maximum atomic E-state index is 6.20. The molecule has 1 atom stereocenters. The molecular formula is C24H25N3OS. The Kier molecular flexibility index (Phi) is 5.06. The topological polar surface area (TPSA) is 47.0 Å². The third kappa shape index (κ3) is 3.92. The average Bonchev–Trinajstić information content (AvgIpc) is 3.16. The molecule has 1 N–H and O–H groups in total. The molecule has 1 aliphatic rings. The summed E-state index contributed by atoms with van der Waals surface area (Å²) in [5, 5.41) is 5.67. The lowest BCUT2D eigenvalue weighted by Gasteiger charge is -2.28. The zero-order valence-electron chi connectivity index (χ0n) is 16.6. The Morgan fingerprint density at radius 2 is 1.90 bits per heavy atom. The van der Waals surface area contributed by atoms with Gasteiger partial charge in [0.25, 0.3) is 0 Å². The van der Waals surface area contributed by atoms with Gasteiger partial charge in [0.1, 0.15) is 11.5 Å². The highest BCUT2D eigenvalue weighted by atomic mass is 32.1. The molecule has 0 spiro atoms. The quantitative estimate of drug-likeness (QED) is 0.389. The number of thiazole rings is 1. The second kappa shape index (κ2) is 7.99. The summed E-state index contributed by atoms with van der Waals surface area (Å²) in [6.45, 7) is 2.30. The SMILES string of the molecule is C[C@H](Nc1nc2ccc(Oc3ccnc4ccccc34)cc2s1)C1CCCCC1. The number of para-hydroxylation sites is 1. The average molecular weight is 404 g/mol. The molecule has 0 amide bonds. The number of rotatable bonds is 5. The summed E-state index contributed by atoms with van der Waals surface area (Å²) >= 11 is 1.70. The van der Waals surface area contributed by atoms with Gasteiger partial charge in [-0.2, -0.15) is 0 Å². The number of anilines is 1. The van der Waals surface area contributed by atoms with Crippen LogP contribution in [0.3, 0.4) is 0 Å². The van der Waals surface area contributed by atoms with Gasteiger partial charge in [-0.05, 0) is 56.0 Å². The van der Waals surface area contributed by atoms with E-state index in [4.69, 9.17) is 9.72 Å². The predicted molar refractivity (Wildman–Crippen MR) is 121 cm³/mol. The lowest BCUT2D eigenvalue weighted by molar-refractivity contribution is 0.328. The van der Waals surface area contributed by atoms with Crippen LogP contribution in [0, 0.1) is 5.92 Å². The van der Waals surface area contributed by atoms with E-state index in [0.29, 0.717) is 6.04 Å². The fraction of sp³-hybridized carbons (Fsp3) is 0.333. The molecule has 2 aromatic carbocycles. The minimum absolute atomic E-state index is 0.467. The standard InChI is InChI=1S/C24H25N3OS/c1-16(17-7-3-2-4-8-17)26-24-27-21-12-11-18(15-23(21)29-24)28-22-13-14-25-20-10-6-5-9-19(20)22/h5-6,9-17H,2-4,7-8H2,1H3,(H,26,27)/t16-/m0/s1. The van der Waals surface area contributed by atoms with Crippen LogP contribution in [-0.2, 0) is 0 Å². The monoisotopic (exact) mass is 403 g/mol. The smallest absolute Gasteiger partial charge is 0.184 e. The number of nitrogens with one attached hydrogen (secondary N) is 1. The van der Waals surface area contributed by atoms with Gasteiger partial charge in [0.15, 0.2) is 5.13 Å². The van der Waals surface area contributed by atoms with Crippen LogP contribution >= 0.6 is 11.3 Å². The van der Waals surface area contributed by atoms with Crippen molar-refractivity contribution >= 4 is 37.6 Å². The molecule has 5 rings (SSSR count). The summed E-state index contributed by atoms with van der Waals surface area (Å²) in [6, 6.07) is 16.5. The molecule has 1 fully saturated rings. The fourth-order valence-corrected chi connectivity index (χ4v) is 5.25. The molecule has 148 valence electrons. The molecule has 1 aliphatic carbocycles. The van der Waals surface area contributed by atoms with Crippen molar-refractivity contribution in [3.63, 3.8) is 0 Å². The van der Waals surface area contributed by atoms with Gasteiger partial charge in [-0.15, -0.1) is 0 Å². The summed E-state index contributed by atoms with van der Waals surface area (Å²) in [6.07, 6.45) is 8.56. The van der Waals surface area contributed by atoms with Gasteiger partial charge in [-0.25, -0.2) is 4.98 Å². The van der Waals surface area contributed by atoms with Crippen molar-refractivity contribution in [3.8, 4) is 11.5 Å². The van der Waals surface area contributed by atoms with Crippen LogP contribution in [0.4, 0.5) is 5.13 Å². The fourth-order valence-electron chi connectivity index (χ4n) is 4.26. The van der Waals surface area contributed by atoms with Crippen molar-refractivity contribution in [2.24, 2.45) is 5.92 Å². The Hall–Kier alpha value is -2.66. The normalized spacial score (nSPS) is 16.2. The molecule has 5 heteroatoms. The number of aromatic nitrogens is 2. The van der Waals surface area contributed by atoms with Crippen LogP contribution in [0.5, 0.6) is 11.5 Å². The zero-order valence-corrected chi connectivity index (χ0v) is 17.4. The molecule has 4 aromatic rings. The number of pyridine rings is 1. The van der Waals surface area contributed by atoms with Gasteiger partial charge in [-0.1, -0.05) is 42.7 Å². The molecular weight excluding hydrogens is 378 g/mol. The Morgan fingerprint density at radius 3 is 2.79 bits per heavy atom. The molecule has 4 nitrogen and oxygen atoms in total. The Labute approximate surface area is 175 Å². The molecule has 2 aromatic heterocycles. The number of nitrogens with zero attached hydrogens (tertiary/aromatic N) is 2. The molecule has 0 saturated heterocycles. The highest BCUT2D eigenvalue weighted by Crippen LogP contribution is 2.35. The van der Waals surface area contributed by atoms with Crippen molar-refractivity contribution < 1.29 is 4.74 Å². The predicted octanol–water partition coefficient (Wildman–Crippen LogP) is 7.02. The van der Waals surface area contributed by atoms with Crippen molar-refractivity contribution in [2.45, 2.75) is 45.1 Å². The summed E-state index contributed by atoms with van der Waals surface area (Å²) in [4.78, 5) is 9.19. The van der Waals surface area contributed by atoms with Crippen LogP contribution in [-0.4, -0.2) is 16.0 Å². The van der Waals surface area contributed by atoms with E-state index in [2.05, 4.69) is 23.3 Å². The van der Waals surface area contributed by atoms with Gasteiger partial charge in [-0.3, -0.25) is 4.98 Å². The summed E-state index contributed by atoms with van der Waals surface area (Å²) in [7, 11) is 0. The molecule has 29 heavy (non-hydrogen) atoms. The molecule has 0 bridgehead atoms. The second-order valence-corrected chi connectivity index (χ2v) is 8.94. The lowest BCUT2D eigenvalue weighted by atomic mass is 9.85. The van der Waals surface area contributed by atoms with Crippen molar-refractivity contribution in [1.82, 2.24) is 9.97 Å². The van der Waals surface area contributed by atoms with Crippen LogP contribution in [0.25, 0.3) is 21.1 Å². The number of hydrogen-bond acceptors (Lipinski definition) is 5. The highest BCUT2D eigenvalue weighted by Gasteiger charge is 2.20. The van der Waals surface area contributed by atoms with Crippen LogP contribution < -0.4 is 10.1 Å². The van der Waals surface area contributed by atoms with Crippen molar-refractivity contribution in [3.05, 3.63) is 54.7 Å². The van der Waals surface area contributed by atoms with E-state index in [-0.39, 0.29) is 0 Å².